The van der Waals surface area contributed by atoms with Crippen molar-refractivity contribution in [1.82, 2.24) is 9.88 Å². The van der Waals surface area contributed by atoms with Crippen LogP contribution < -0.4 is 14.2 Å². The maximum atomic E-state index is 12.2. The van der Waals surface area contributed by atoms with Crippen LogP contribution in [0.4, 0.5) is 0 Å². The molecular weight excluding hydrogens is 346 g/mol. The van der Waals surface area contributed by atoms with Crippen molar-refractivity contribution in [3.8, 4) is 23.4 Å². The smallest absolute Gasteiger partial charge is 0.246 e. The highest BCUT2D eigenvalue weighted by Gasteiger charge is 2.31. The number of methoxy groups -OCH3 is 2. The molecule has 0 N–H and O–H groups in total. The zero-order valence-corrected chi connectivity index (χ0v) is 15.1. The Morgan fingerprint density at radius 3 is 2.63 bits per heavy atom. The van der Waals surface area contributed by atoms with Gasteiger partial charge in [-0.05, 0) is 29.8 Å². The standard InChI is InChI=1S/C20H19N3O4/c1-25-17-6-3-14(9-18(17)26-2)5-8-20(24)23-12-16(13-23)27-19-7-4-15(10-21)11-22-19/h3-9,11,16H,12-13H2,1-2H3/b8-5+. The maximum Gasteiger partial charge on any atom is 0.246 e. The predicted octanol–water partition coefficient (Wildman–Crippen LogP) is 2.27. The summed E-state index contributed by atoms with van der Waals surface area (Å²) < 4.78 is 16.1. The third-order valence-corrected chi connectivity index (χ3v) is 4.14. The van der Waals surface area contributed by atoms with Gasteiger partial charge in [-0.1, -0.05) is 6.07 Å². The molecule has 0 unspecified atom stereocenters. The Balaban J connectivity index is 1.51. The average Bonchev–Trinajstić information content (AvgIpc) is 2.68. The lowest BCUT2D eigenvalue weighted by atomic mass is 10.1. The summed E-state index contributed by atoms with van der Waals surface area (Å²) in [7, 11) is 3.14. The van der Waals surface area contributed by atoms with E-state index in [9.17, 15) is 4.79 Å². The topological polar surface area (TPSA) is 84.7 Å². The third kappa shape index (κ3) is 4.36. The summed E-state index contributed by atoms with van der Waals surface area (Å²) >= 11 is 0. The first kappa shape index (κ1) is 18.3. The van der Waals surface area contributed by atoms with Crippen LogP contribution >= 0.6 is 0 Å². The molecule has 3 rings (SSSR count). The lowest BCUT2D eigenvalue weighted by Crippen LogP contribution is -2.55. The Bertz CT molecular complexity index is 881. The second kappa shape index (κ2) is 8.23. The number of carbonyl (C=O) groups is 1. The van der Waals surface area contributed by atoms with Crippen LogP contribution in [0.1, 0.15) is 11.1 Å². The zero-order valence-electron chi connectivity index (χ0n) is 15.1. The molecule has 0 aliphatic carbocycles. The van der Waals surface area contributed by atoms with E-state index in [1.807, 2.05) is 12.1 Å². The van der Waals surface area contributed by atoms with Crippen LogP contribution in [-0.2, 0) is 4.79 Å². The van der Waals surface area contributed by atoms with Crippen LogP contribution in [0.15, 0.2) is 42.6 Å². The van der Waals surface area contributed by atoms with Crippen LogP contribution in [0.2, 0.25) is 0 Å². The molecule has 0 saturated carbocycles. The van der Waals surface area contributed by atoms with Crippen molar-refractivity contribution in [2.24, 2.45) is 0 Å². The highest BCUT2D eigenvalue weighted by atomic mass is 16.5. The van der Waals surface area contributed by atoms with E-state index in [4.69, 9.17) is 19.5 Å². The van der Waals surface area contributed by atoms with Gasteiger partial charge in [-0.25, -0.2) is 4.98 Å². The van der Waals surface area contributed by atoms with Crippen LogP contribution in [0.25, 0.3) is 6.08 Å². The molecule has 0 radical (unpaired) electrons. The first-order chi connectivity index (χ1) is 13.1. The summed E-state index contributed by atoms with van der Waals surface area (Å²) in [5, 5.41) is 8.76. The third-order valence-electron chi connectivity index (χ3n) is 4.14. The molecule has 0 atom stereocenters. The van der Waals surface area contributed by atoms with Crippen molar-refractivity contribution in [3.63, 3.8) is 0 Å². The molecule has 0 spiro atoms. The van der Waals surface area contributed by atoms with E-state index in [1.165, 1.54) is 12.3 Å². The minimum atomic E-state index is -0.0936. The number of nitrogens with zero attached hydrogens (tertiary/aromatic N) is 3. The lowest BCUT2D eigenvalue weighted by Gasteiger charge is -2.38. The van der Waals surface area contributed by atoms with Crippen molar-refractivity contribution in [2.45, 2.75) is 6.10 Å². The normalized spacial score (nSPS) is 13.7. The highest BCUT2D eigenvalue weighted by Crippen LogP contribution is 2.28. The van der Waals surface area contributed by atoms with E-state index in [0.717, 1.165) is 5.56 Å². The van der Waals surface area contributed by atoms with Gasteiger partial charge in [0.1, 0.15) is 12.2 Å². The van der Waals surface area contributed by atoms with Gasteiger partial charge < -0.3 is 19.1 Å². The van der Waals surface area contributed by atoms with E-state index in [1.54, 1.807) is 49.5 Å². The number of benzene rings is 1. The molecule has 1 aliphatic rings. The number of carbonyl (C=O) groups excluding carboxylic acids is 1. The highest BCUT2D eigenvalue weighted by molar-refractivity contribution is 5.92. The van der Waals surface area contributed by atoms with Gasteiger partial charge in [0.15, 0.2) is 11.5 Å². The van der Waals surface area contributed by atoms with E-state index >= 15 is 0 Å². The first-order valence-corrected chi connectivity index (χ1v) is 8.34. The zero-order chi connectivity index (χ0) is 19.2. The Morgan fingerprint density at radius 1 is 1.22 bits per heavy atom. The lowest BCUT2D eigenvalue weighted by molar-refractivity contribution is -0.134. The summed E-state index contributed by atoms with van der Waals surface area (Å²) in [6.45, 7) is 0.994. The minimum Gasteiger partial charge on any atom is -0.493 e. The summed E-state index contributed by atoms with van der Waals surface area (Å²) in [6.07, 6.45) is 4.63. The molecule has 1 amide bonds. The fourth-order valence-electron chi connectivity index (χ4n) is 2.61. The number of amides is 1. The van der Waals surface area contributed by atoms with Gasteiger partial charge in [-0.2, -0.15) is 5.26 Å². The van der Waals surface area contributed by atoms with Gasteiger partial charge in [0.2, 0.25) is 11.8 Å². The number of hydrogen-bond donors (Lipinski definition) is 0. The molecule has 1 aliphatic heterocycles. The molecule has 1 aromatic heterocycles. The van der Waals surface area contributed by atoms with Crippen molar-refractivity contribution in [2.75, 3.05) is 27.3 Å². The molecule has 1 saturated heterocycles. The molecule has 2 heterocycles. The largest absolute Gasteiger partial charge is 0.493 e. The number of ether oxygens (including phenoxy) is 3. The summed E-state index contributed by atoms with van der Waals surface area (Å²) in [5.41, 5.74) is 1.32. The predicted molar refractivity (Wildman–Crippen MR) is 98.5 cm³/mol. The van der Waals surface area contributed by atoms with Gasteiger partial charge in [-0.3, -0.25) is 4.79 Å². The Labute approximate surface area is 157 Å². The fourth-order valence-corrected chi connectivity index (χ4v) is 2.61. The Morgan fingerprint density at radius 2 is 2.00 bits per heavy atom. The quantitative estimate of drug-likeness (QED) is 0.730. The molecule has 2 aromatic rings. The van der Waals surface area contributed by atoms with E-state index < -0.39 is 0 Å². The van der Waals surface area contributed by atoms with Crippen molar-refractivity contribution in [3.05, 3.63) is 53.7 Å². The number of nitriles is 1. The molecule has 0 bridgehead atoms. The maximum absolute atomic E-state index is 12.2. The number of likely N-dealkylation sites (tertiary alicyclic amines) is 1. The van der Waals surface area contributed by atoms with Gasteiger partial charge in [0, 0.05) is 18.3 Å². The number of hydrogen-bond acceptors (Lipinski definition) is 6. The van der Waals surface area contributed by atoms with E-state index in [2.05, 4.69) is 4.98 Å². The summed E-state index contributed by atoms with van der Waals surface area (Å²) in [5.74, 6) is 1.61. The fraction of sp³-hybridized carbons (Fsp3) is 0.250. The van der Waals surface area contributed by atoms with Gasteiger partial charge in [-0.15, -0.1) is 0 Å². The Kier molecular flexibility index (Phi) is 5.57. The first-order valence-electron chi connectivity index (χ1n) is 8.34. The molecule has 27 heavy (non-hydrogen) atoms. The summed E-state index contributed by atoms with van der Waals surface area (Å²) in [6, 6.07) is 10.8. The second-order valence-corrected chi connectivity index (χ2v) is 5.93. The van der Waals surface area contributed by atoms with Crippen LogP contribution in [0.5, 0.6) is 17.4 Å². The van der Waals surface area contributed by atoms with Gasteiger partial charge in [0.25, 0.3) is 0 Å². The van der Waals surface area contributed by atoms with Crippen molar-refractivity contribution >= 4 is 12.0 Å². The monoisotopic (exact) mass is 365 g/mol. The molecule has 7 heteroatoms. The number of aromatic nitrogens is 1. The molecule has 138 valence electrons. The Hall–Kier alpha value is -3.53. The summed E-state index contributed by atoms with van der Waals surface area (Å²) in [4.78, 5) is 18.0. The molecule has 1 aromatic carbocycles. The van der Waals surface area contributed by atoms with E-state index in [-0.39, 0.29) is 12.0 Å². The number of pyridine rings is 1. The van der Waals surface area contributed by atoms with Crippen LogP contribution in [-0.4, -0.2) is 49.2 Å². The van der Waals surface area contributed by atoms with Gasteiger partial charge >= 0.3 is 0 Å². The van der Waals surface area contributed by atoms with Crippen molar-refractivity contribution in [1.29, 1.82) is 5.26 Å². The number of rotatable bonds is 6. The molecule has 1 fully saturated rings. The average molecular weight is 365 g/mol. The van der Waals surface area contributed by atoms with Crippen LogP contribution in [0.3, 0.4) is 0 Å². The van der Waals surface area contributed by atoms with E-state index in [0.29, 0.717) is 36.0 Å². The van der Waals surface area contributed by atoms with Gasteiger partial charge in [0.05, 0.1) is 32.9 Å². The van der Waals surface area contributed by atoms with Crippen molar-refractivity contribution < 1.29 is 19.0 Å². The second-order valence-electron chi connectivity index (χ2n) is 5.93. The molecular formula is C20H19N3O4. The minimum absolute atomic E-state index is 0.0857. The van der Waals surface area contributed by atoms with Crippen LogP contribution in [0, 0.1) is 11.3 Å². The molecule has 7 nitrogen and oxygen atoms in total. The SMILES string of the molecule is COc1ccc(/C=C/C(=O)N2CC(Oc3ccc(C#N)cn3)C2)cc1OC.